The van der Waals surface area contributed by atoms with Gasteiger partial charge in [0.25, 0.3) is 0 Å². The molecule has 0 unspecified atom stereocenters. The third kappa shape index (κ3) is 3.55. The molecule has 2 aromatic rings. The molecule has 0 fully saturated rings. The van der Waals surface area contributed by atoms with Gasteiger partial charge in [-0.25, -0.2) is 0 Å². The second-order valence-electron chi connectivity index (χ2n) is 2.86. The van der Waals surface area contributed by atoms with Gasteiger partial charge in [-0.05, 0) is 10.6 Å². The van der Waals surface area contributed by atoms with Crippen LogP contribution < -0.4 is 10.6 Å². The summed E-state index contributed by atoms with van der Waals surface area (Å²) >= 11 is 0. The summed E-state index contributed by atoms with van der Waals surface area (Å²) in [7, 11) is 0.777. The van der Waals surface area contributed by atoms with Crippen LogP contribution in [0.3, 0.4) is 0 Å². The maximum absolute atomic E-state index is 2.17. The average molecular weight is 210 g/mol. The number of hydrogen-bond donors (Lipinski definition) is 0. The SMILES string of the molecule is [NaH].c1ccc(Pc2ccccc2)cc1. The van der Waals surface area contributed by atoms with Gasteiger partial charge in [0.2, 0.25) is 0 Å². The normalized spacial score (nSPS) is 9.14. The van der Waals surface area contributed by atoms with Crippen LogP contribution in [0.25, 0.3) is 0 Å². The summed E-state index contributed by atoms with van der Waals surface area (Å²) in [6.45, 7) is 0. The van der Waals surface area contributed by atoms with E-state index in [1.165, 1.54) is 10.6 Å². The van der Waals surface area contributed by atoms with Gasteiger partial charge in [0.15, 0.2) is 0 Å². The molecule has 0 heterocycles. The second-order valence-corrected chi connectivity index (χ2v) is 4.26. The topological polar surface area (TPSA) is 0 Å². The molecule has 0 radical (unpaired) electrons. The molecule has 14 heavy (non-hydrogen) atoms. The monoisotopic (exact) mass is 210 g/mol. The third-order valence-corrected chi connectivity index (χ3v) is 3.08. The van der Waals surface area contributed by atoms with Gasteiger partial charge < -0.3 is 0 Å². The van der Waals surface area contributed by atoms with E-state index >= 15 is 0 Å². The Morgan fingerprint density at radius 2 is 0.929 bits per heavy atom. The van der Waals surface area contributed by atoms with Gasteiger partial charge in [0.05, 0.1) is 0 Å². The first-order valence-electron chi connectivity index (χ1n) is 4.32. The van der Waals surface area contributed by atoms with E-state index in [-0.39, 0.29) is 29.6 Å². The molecule has 0 aliphatic heterocycles. The van der Waals surface area contributed by atoms with Crippen LogP contribution in [0.5, 0.6) is 0 Å². The van der Waals surface area contributed by atoms with E-state index in [0.29, 0.717) is 0 Å². The summed E-state index contributed by atoms with van der Waals surface area (Å²) in [5, 5.41) is 2.79. The molecule has 0 aliphatic rings. The van der Waals surface area contributed by atoms with Crippen LogP contribution in [-0.2, 0) is 0 Å². The molecule has 0 saturated carbocycles. The van der Waals surface area contributed by atoms with Gasteiger partial charge in [-0.15, -0.1) is 0 Å². The molecule has 0 saturated heterocycles. The third-order valence-electron chi connectivity index (χ3n) is 1.84. The van der Waals surface area contributed by atoms with Gasteiger partial charge in [-0.3, -0.25) is 0 Å². The van der Waals surface area contributed by atoms with Crippen LogP contribution in [-0.4, -0.2) is 29.6 Å². The van der Waals surface area contributed by atoms with E-state index in [9.17, 15) is 0 Å². The molecule has 0 N–H and O–H groups in total. The minimum atomic E-state index is 0. The molecule has 0 nitrogen and oxygen atoms in total. The van der Waals surface area contributed by atoms with Crippen LogP contribution >= 0.6 is 8.58 Å². The molecular weight excluding hydrogens is 198 g/mol. The van der Waals surface area contributed by atoms with Crippen molar-refractivity contribution in [1.29, 1.82) is 0 Å². The van der Waals surface area contributed by atoms with Gasteiger partial charge in [-0.1, -0.05) is 69.2 Å². The number of benzene rings is 2. The van der Waals surface area contributed by atoms with E-state index in [0.717, 1.165) is 8.58 Å². The Bertz CT molecular complexity index is 321. The summed E-state index contributed by atoms with van der Waals surface area (Å²) in [5.41, 5.74) is 0. The van der Waals surface area contributed by atoms with E-state index in [1.807, 2.05) is 0 Å². The van der Waals surface area contributed by atoms with Crippen molar-refractivity contribution in [2.45, 2.75) is 0 Å². The van der Waals surface area contributed by atoms with Crippen molar-refractivity contribution in [3.05, 3.63) is 60.7 Å². The van der Waals surface area contributed by atoms with Crippen molar-refractivity contribution >= 4 is 48.7 Å². The molecular formula is C12H12NaP. The molecule has 66 valence electrons. The Morgan fingerprint density at radius 3 is 1.29 bits per heavy atom. The summed E-state index contributed by atoms with van der Waals surface area (Å²) < 4.78 is 0. The summed E-state index contributed by atoms with van der Waals surface area (Å²) in [5.74, 6) is 0. The first-order valence-corrected chi connectivity index (χ1v) is 5.32. The molecule has 0 spiro atoms. The summed E-state index contributed by atoms with van der Waals surface area (Å²) in [4.78, 5) is 0. The minimum Gasteiger partial charge on any atom is -0.0622 e. The van der Waals surface area contributed by atoms with E-state index < -0.39 is 0 Å². The number of rotatable bonds is 2. The predicted octanol–water partition coefficient (Wildman–Crippen LogP) is 1.67. The van der Waals surface area contributed by atoms with Crippen molar-refractivity contribution in [1.82, 2.24) is 0 Å². The molecule has 0 amide bonds. The Hall–Kier alpha value is -0.130. The maximum Gasteiger partial charge on any atom is -0.0226 e. The Morgan fingerprint density at radius 1 is 0.571 bits per heavy atom. The molecule has 2 rings (SSSR count). The average Bonchev–Trinajstić information content (AvgIpc) is 2.21. The Balaban J connectivity index is 0.000000980. The first kappa shape index (κ1) is 11.9. The van der Waals surface area contributed by atoms with Crippen LogP contribution in [0.2, 0.25) is 0 Å². The van der Waals surface area contributed by atoms with Crippen molar-refractivity contribution in [2.24, 2.45) is 0 Å². The molecule has 2 heteroatoms. The molecule has 0 aromatic heterocycles. The van der Waals surface area contributed by atoms with Gasteiger partial charge >= 0.3 is 29.6 Å². The predicted molar refractivity (Wildman–Crippen MR) is 67.6 cm³/mol. The summed E-state index contributed by atoms with van der Waals surface area (Å²) in [6.07, 6.45) is 0. The van der Waals surface area contributed by atoms with Crippen molar-refractivity contribution < 1.29 is 0 Å². The van der Waals surface area contributed by atoms with E-state index in [1.54, 1.807) is 0 Å². The quantitative estimate of drug-likeness (QED) is 0.522. The second kappa shape index (κ2) is 6.37. The fraction of sp³-hybridized carbons (Fsp3) is 0. The smallest absolute Gasteiger partial charge is 0.0226 e. The zero-order valence-corrected chi connectivity index (χ0v) is 8.27. The van der Waals surface area contributed by atoms with Crippen LogP contribution in [0, 0.1) is 0 Å². The van der Waals surface area contributed by atoms with E-state index in [2.05, 4.69) is 60.7 Å². The van der Waals surface area contributed by atoms with Crippen molar-refractivity contribution in [3.8, 4) is 0 Å². The first-order chi connectivity index (χ1) is 6.45. The van der Waals surface area contributed by atoms with Gasteiger partial charge in [0.1, 0.15) is 0 Å². The molecule has 2 aromatic carbocycles. The van der Waals surface area contributed by atoms with Gasteiger partial charge in [-0.2, -0.15) is 0 Å². The molecule has 0 aliphatic carbocycles. The minimum absolute atomic E-state index is 0. The van der Waals surface area contributed by atoms with Crippen molar-refractivity contribution in [2.75, 3.05) is 0 Å². The van der Waals surface area contributed by atoms with E-state index in [4.69, 9.17) is 0 Å². The Kier molecular flexibility index (Phi) is 5.44. The fourth-order valence-electron chi connectivity index (χ4n) is 1.21. The maximum atomic E-state index is 2.17. The summed E-state index contributed by atoms with van der Waals surface area (Å²) in [6, 6.07) is 21.2. The molecule has 0 bridgehead atoms. The largest absolute Gasteiger partial charge is 0.0622 e. The fourth-order valence-corrected chi connectivity index (χ4v) is 2.26. The van der Waals surface area contributed by atoms with Crippen LogP contribution in [0.15, 0.2) is 60.7 Å². The zero-order chi connectivity index (χ0) is 8.93. The molecule has 0 atom stereocenters. The standard InChI is InChI=1S/C12H11P.Na.H/c1-3-7-11(8-4-1)13-12-9-5-2-6-10-12;;/h1-10,13H;;. The van der Waals surface area contributed by atoms with Gasteiger partial charge in [0, 0.05) is 0 Å². The Labute approximate surface area is 109 Å². The zero-order valence-electron chi connectivity index (χ0n) is 7.27. The van der Waals surface area contributed by atoms with Crippen LogP contribution in [0.1, 0.15) is 0 Å². The van der Waals surface area contributed by atoms with Crippen molar-refractivity contribution in [3.63, 3.8) is 0 Å². The number of hydrogen-bond acceptors (Lipinski definition) is 0. The van der Waals surface area contributed by atoms with Crippen LogP contribution in [0.4, 0.5) is 0 Å².